The quantitative estimate of drug-likeness (QED) is 0.884. The standard InChI is InChI=1S/C18H23N3/c1-14(21-13-15-6-9-19-10-7-15)11-16-4-5-18-17(12-16)3-2-8-20-18/h4-7,9-10,12,14,20-21H,2-3,8,11,13H2,1H3. The third kappa shape index (κ3) is 3.82. The van der Waals surface area contributed by atoms with E-state index in [0.29, 0.717) is 6.04 Å². The monoisotopic (exact) mass is 281 g/mol. The lowest BCUT2D eigenvalue weighted by Gasteiger charge is -2.20. The summed E-state index contributed by atoms with van der Waals surface area (Å²) in [5.74, 6) is 0. The van der Waals surface area contributed by atoms with Crippen LogP contribution in [0.5, 0.6) is 0 Å². The number of hydrogen-bond acceptors (Lipinski definition) is 3. The maximum absolute atomic E-state index is 4.05. The zero-order valence-electron chi connectivity index (χ0n) is 12.6. The van der Waals surface area contributed by atoms with Crippen LogP contribution in [0.1, 0.15) is 30.0 Å². The fourth-order valence-electron chi connectivity index (χ4n) is 2.87. The number of aromatic nitrogens is 1. The molecule has 21 heavy (non-hydrogen) atoms. The van der Waals surface area contributed by atoms with E-state index in [1.54, 1.807) is 0 Å². The molecule has 0 fully saturated rings. The molecule has 1 aliphatic rings. The molecule has 0 spiro atoms. The highest BCUT2D eigenvalue weighted by Crippen LogP contribution is 2.23. The predicted octanol–water partition coefficient (Wildman–Crippen LogP) is 3.16. The summed E-state index contributed by atoms with van der Waals surface area (Å²) in [5.41, 5.74) is 5.50. The van der Waals surface area contributed by atoms with Gasteiger partial charge in [-0.15, -0.1) is 0 Å². The number of nitrogens with one attached hydrogen (secondary N) is 2. The molecule has 2 N–H and O–H groups in total. The molecule has 3 nitrogen and oxygen atoms in total. The number of hydrogen-bond donors (Lipinski definition) is 2. The van der Waals surface area contributed by atoms with Crippen molar-refractivity contribution in [3.05, 3.63) is 59.4 Å². The molecule has 1 unspecified atom stereocenters. The molecule has 0 amide bonds. The fraction of sp³-hybridized carbons (Fsp3) is 0.389. The van der Waals surface area contributed by atoms with Crippen molar-refractivity contribution in [2.24, 2.45) is 0 Å². The molecule has 0 radical (unpaired) electrons. The lowest BCUT2D eigenvalue weighted by atomic mass is 9.98. The van der Waals surface area contributed by atoms with Gasteiger partial charge in [-0.2, -0.15) is 0 Å². The van der Waals surface area contributed by atoms with Crippen LogP contribution in [0, 0.1) is 0 Å². The maximum Gasteiger partial charge on any atom is 0.0372 e. The molecule has 1 aromatic carbocycles. The minimum absolute atomic E-state index is 0.466. The van der Waals surface area contributed by atoms with E-state index in [9.17, 15) is 0 Å². The van der Waals surface area contributed by atoms with Crippen molar-refractivity contribution in [1.29, 1.82) is 0 Å². The molecule has 0 aliphatic carbocycles. The maximum atomic E-state index is 4.05. The third-order valence-corrected chi connectivity index (χ3v) is 4.05. The van der Waals surface area contributed by atoms with Gasteiger partial charge in [0, 0.05) is 37.2 Å². The van der Waals surface area contributed by atoms with Crippen LogP contribution in [0.2, 0.25) is 0 Å². The predicted molar refractivity (Wildman–Crippen MR) is 87.5 cm³/mol. The molecule has 2 aromatic rings. The fourth-order valence-corrected chi connectivity index (χ4v) is 2.87. The Hall–Kier alpha value is -1.87. The summed E-state index contributed by atoms with van der Waals surface area (Å²) >= 11 is 0. The highest BCUT2D eigenvalue weighted by atomic mass is 14.9. The number of aryl methyl sites for hydroxylation is 1. The Balaban J connectivity index is 1.56. The Labute approximate surface area is 126 Å². The second kappa shape index (κ2) is 6.72. The molecule has 1 atom stereocenters. The van der Waals surface area contributed by atoms with E-state index in [1.807, 2.05) is 12.4 Å². The van der Waals surface area contributed by atoms with Crippen LogP contribution in [0.15, 0.2) is 42.7 Å². The normalized spacial score (nSPS) is 15.1. The van der Waals surface area contributed by atoms with Gasteiger partial charge in [0.1, 0.15) is 0 Å². The topological polar surface area (TPSA) is 37.0 Å². The van der Waals surface area contributed by atoms with Crippen molar-refractivity contribution in [2.75, 3.05) is 11.9 Å². The second-order valence-electron chi connectivity index (χ2n) is 5.86. The van der Waals surface area contributed by atoms with Gasteiger partial charge >= 0.3 is 0 Å². The smallest absolute Gasteiger partial charge is 0.0372 e. The number of fused-ring (bicyclic) bond motifs is 1. The van der Waals surface area contributed by atoms with Crippen LogP contribution >= 0.6 is 0 Å². The van der Waals surface area contributed by atoms with Crippen LogP contribution in [0.4, 0.5) is 5.69 Å². The number of rotatable bonds is 5. The van der Waals surface area contributed by atoms with Gasteiger partial charge in [-0.25, -0.2) is 0 Å². The van der Waals surface area contributed by atoms with Crippen molar-refractivity contribution in [2.45, 2.75) is 38.8 Å². The van der Waals surface area contributed by atoms with Crippen LogP contribution in [-0.4, -0.2) is 17.6 Å². The zero-order valence-corrected chi connectivity index (χ0v) is 12.6. The average Bonchev–Trinajstić information content (AvgIpc) is 2.54. The average molecular weight is 281 g/mol. The molecule has 0 saturated heterocycles. The first kappa shape index (κ1) is 14.1. The van der Waals surface area contributed by atoms with Crippen molar-refractivity contribution in [1.82, 2.24) is 10.3 Å². The Morgan fingerprint density at radius 1 is 1.19 bits per heavy atom. The molecule has 0 saturated carbocycles. The van der Waals surface area contributed by atoms with E-state index < -0.39 is 0 Å². The van der Waals surface area contributed by atoms with Gasteiger partial charge in [-0.3, -0.25) is 4.98 Å². The minimum Gasteiger partial charge on any atom is -0.385 e. The molecule has 3 rings (SSSR count). The van der Waals surface area contributed by atoms with Crippen molar-refractivity contribution >= 4 is 5.69 Å². The van der Waals surface area contributed by atoms with E-state index in [0.717, 1.165) is 19.5 Å². The SMILES string of the molecule is CC(Cc1ccc2c(c1)CCCN2)NCc1ccncc1. The van der Waals surface area contributed by atoms with Gasteiger partial charge in [0.2, 0.25) is 0 Å². The van der Waals surface area contributed by atoms with Gasteiger partial charge in [0.15, 0.2) is 0 Å². The lowest BCUT2D eigenvalue weighted by molar-refractivity contribution is 0.545. The molecule has 110 valence electrons. The summed E-state index contributed by atoms with van der Waals surface area (Å²) in [4.78, 5) is 4.05. The first-order valence-corrected chi connectivity index (χ1v) is 7.79. The number of pyridine rings is 1. The van der Waals surface area contributed by atoms with E-state index in [1.165, 1.54) is 35.2 Å². The van der Waals surface area contributed by atoms with Gasteiger partial charge in [0.25, 0.3) is 0 Å². The molecule has 0 bridgehead atoms. The van der Waals surface area contributed by atoms with Gasteiger partial charge in [-0.1, -0.05) is 12.1 Å². The number of benzene rings is 1. The van der Waals surface area contributed by atoms with E-state index >= 15 is 0 Å². The van der Waals surface area contributed by atoms with Gasteiger partial charge in [0.05, 0.1) is 0 Å². The summed E-state index contributed by atoms with van der Waals surface area (Å²) in [6.45, 7) is 4.26. The summed E-state index contributed by atoms with van der Waals surface area (Å²) in [6.07, 6.45) is 7.20. The Morgan fingerprint density at radius 3 is 2.90 bits per heavy atom. The van der Waals surface area contributed by atoms with Crippen molar-refractivity contribution in [3.63, 3.8) is 0 Å². The molecule has 1 aromatic heterocycles. The first-order chi connectivity index (χ1) is 10.3. The summed E-state index contributed by atoms with van der Waals surface area (Å²) in [5, 5.41) is 7.05. The molecule has 2 heterocycles. The summed E-state index contributed by atoms with van der Waals surface area (Å²) < 4.78 is 0. The molecular weight excluding hydrogens is 258 g/mol. The highest BCUT2D eigenvalue weighted by Gasteiger charge is 2.10. The Kier molecular flexibility index (Phi) is 4.51. The second-order valence-corrected chi connectivity index (χ2v) is 5.86. The van der Waals surface area contributed by atoms with Crippen LogP contribution < -0.4 is 10.6 Å². The van der Waals surface area contributed by atoms with Gasteiger partial charge in [-0.05, 0) is 61.1 Å². The Bertz CT molecular complexity index is 580. The summed E-state index contributed by atoms with van der Waals surface area (Å²) in [6, 6.07) is 11.4. The Morgan fingerprint density at radius 2 is 2.05 bits per heavy atom. The number of nitrogens with zero attached hydrogens (tertiary/aromatic N) is 1. The largest absolute Gasteiger partial charge is 0.385 e. The molecule has 1 aliphatic heterocycles. The highest BCUT2D eigenvalue weighted by molar-refractivity contribution is 5.54. The molecule has 3 heteroatoms. The van der Waals surface area contributed by atoms with E-state index in [2.05, 4.69) is 52.9 Å². The molecular formula is C18H23N3. The van der Waals surface area contributed by atoms with E-state index in [-0.39, 0.29) is 0 Å². The first-order valence-electron chi connectivity index (χ1n) is 7.79. The van der Waals surface area contributed by atoms with Crippen molar-refractivity contribution < 1.29 is 0 Å². The lowest BCUT2D eigenvalue weighted by Crippen LogP contribution is -2.27. The van der Waals surface area contributed by atoms with Crippen LogP contribution in [0.3, 0.4) is 0 Å². The minimum atomic E-state index is 0.466. The summed E-state index contributed by atoms with van der Waals surface area (Å²) in [7, 11) is 0. The number of anilines is 1. The van der Waals surface area contributed by atoms with Crippen LogP contribution in [-0.2, 0) is 19.4 Å². The van der Waals surface area contributed by atoms with Crippen molar-refractivity contribution in [3.8, 4) is 0 Å². The van der Waals surface area contributed by atoms with Gasteiger partial charge < -0.3 is 10.6 Å². The van der Waals surface area contributed by atoms with E-state index in [4.69, 9.17) is 0 Å². The third-order valence-electron chi connectivity index (χ3n) is 4.05. The van der Waals surface area contributed by atoms with Crippen LogP contribution in [0.25, 0.3) is 0 Å². The zero-order chi connectivity index (χ0) is 14.5.